The van der Waals surface area contributed by atoms with Gasteiger partial charge in [0.25, 0.3) is 0 Å². The minimum Gasteiger partial charge on any atom is -0.481 e. The van der Waals surface area contributed by atoms with E-state index < -0.39 is 11.6 Å². The molecule has 2 nitrogen and oxygen atoms in total. The third kappa shape index (κ3) is 4.30. The average Bonchev–Trinajstić information content (AvgIpc) is 2.50. The number of para-hydroxylation sites is 1. The van der Waals surface area contributed by atoms with Crippen molar-refractivity contribution in [3.05, 3.63) is 65.2 Å². The highest BCUT2D eigenvalue weighted by atomic mass is 19.2. The van der Waals surface area contributed by atoms with Crippen molar-refractivity contribution in [2.45, 2.75) is 13.1 Å². The summed E-state index contributed by atoms with van der Waals surface area (Å²) in [5.74, 6) is 1.45. The Hall–Kier alpha value is -2.38. The Morgan fingerprint density at radius 3 is 2.62 bits per heavy atom. The van der Waals surface area contributed by atoms with Crippen molar-refractivity contribution >= 4 is 0 Å². The number of rotatable bonds is 6. The van der Waals surface area contributed by atoms with Crippen molar-refractivity contribution in [3.8, 4) is 18.1 Å². The van der Waals surface area contributed by atoms with Gasteiger partial charge in [-0.2, -0.15) is 0 Å². The molecule has 21 heavy (non-hydrogen) atoms. The minimum absolute atomic E-state index is 0.209. The van der Waals surface area contributed by atoms with E-state index in [9.17, 15) is 8.78 Å². The van der Waals surface area contributed by atoms with Gasteiger partial charge in [-0.1, -0.05) is 30.2 Å². The smallest absolute Gasteiger partial charge is 0.159 e. The molecule has 0 saturated carbocycles. The van der Waals surface area contributed by atoms with Crippen LogP contribution in [-0.2, 0) is 13.1 Å². The molecule has 0 aromatic heterocycles. The Bertz CT molecular complexity index is 649. The second kappa shape index (κ2) is 7.41. The first-order chi connectivity index (χ1) is 10.2. The number of hydrogen-bond acceptors (Lipinski definition) is 2. The van der Waals surface area contributed by atoms with Crippen LogP contribution in [0.3, 0.4) is 0 Å². The van der Waals surface area contributed by atoms with Crippen LogP contribution in [-0.4, -0.2) is 6.61 Å². The Balaban J connectivity index is 1.94. The third-order valence-electron chi connectivity index (χ3n) is 2.91. The molecule has 0 radical (unpaired) electrons. The number of hydrogen-bond donors (Lipinski definition) is 1. The van der Waals surface area contributed by atoms with E-state index >= 15 is 0 Å². The molecule has 0 aliphatic heterocycles. The minimum atomic E-state index is -0.841. The van der Waals surface area contributed by atoms with Crippen molar-refractivity contribution in [2.24, 2.45) is 0 Å². The highest BCUT2D eigenvalue weighted by Crippen LogP contribution is 2.17. The molecule has 1 N–H and O–H groups in total. The van der Waals surface area contributed by atoms with E-state index in [1.165, 1.54) is 6.07 Å². The van der Waals surface area contributed by atoms with Gasteiger partial charge in [-0.05, 0) is 23.8 Å². The molecule has 2 aromatic rings. The monoisotopic (exact) mass is 287 g/mol. The zero-order chi connectivity index (χ0) is 15.1. The SMILES string of the molecule is C#CCOc1ccccc1CNCc1ccc(F)c(F)c1. The van der Waals surface area contributed by atoms with Crippen molar-refractivity contribution in [1.29, 1.82) is 0 Å². The summed E-state index contributed by atoms with van der Waals surface area (Å²) in [5.41, 5.74) is 1.63. The van der Waals surface area contributed by atoms with Crippen LogP contribution >= 0.6 is 0 Å². The molecule has 0 spiro atoms. The summed E-state index contributed by atoms with van der Waals surface area (Å²) in [6.45, 7) is 1.18. The Labute approximate surface area is 122 Å². The molecule has 0 saturated heterocycles. The molecule has 0 fully saturated rings. The fourth-order valence-electron chi connectivity index (χ4n) is 1.90. The fourth-order valence-corrected chi connectivity index (χ4v) is 1.90. The highest BCUT2D eigenvalue weighted by molar-refractivity contribution is 5.33. The maximum absolute atomic E-state index is 13.1. The normalized spacial score (nSPS) is 10.1. The van der Waals surface area contributed by atoms with Gasteiger partial charge in [0.1, 0.15) is 12.4 Å². The number of benzene rings is 2. The first kappa shape index (κ1) is 15.0. The van der Waals surface area contributed by atoms with Gasteiger partial charge in [0, 0.05) is 18.7 Å². The number of ether oxygens (including phenoxy) is 1. The molecular weight excluding hydrogens is 272 g/mol. The molecule has 0 aliphatic rings. The second-order valence-electron chi connectivity index (χ2n) is 4.45. The van der Waals surface area contributed by atoms with Crippen LogP contribution in [0.25, 0.3) is 0 Å². The van der Waals surface area contributed by atoms with Crippen molar-refractivity contribution in [2.75, 3.05) is 6.61 Å². The molecule has 108 valence electrons. The molecule has 0 atom stereocenters. The van der Waals surface area contributed by atoms with Gasteiger partial charge in [0.2, 0.25) is 0 Å². The van der Waals surface area contributed by atoms with Crippen LogP contribution in [0, 0.1) is 24.0 Å². The lowest BCUT2D eigenvalue weighted by molar-refractivity contribution is 0.364. The maximum Gasteiger partial charge on any atom is 0.159 e. The van der Waals surface area contributed by atoms with E-state index in [1.807, 2.05) is 24.3 Å². The van der Waals surface area contributed by atoms with Gasteiger partial charge in [0.05, 0.1) is 0 Å². The fraction of sp³-hybridized carbons (Fsp3) is 0.176. The largest absolute Gasteiger partial charge is 0.481 e. The molecule has 4 heteroatoms. The summed E-state index contributed by atoms with van der Waals surface area (Å²) in [7, 11) is 0. The van der Waals surface area contributed by atoms with Crippen molar-refractivity contribution < 1.29 is 13.5 Å². The van der Waals surface area contributed by atoms with Gasteiger partial charge >= 0.3 is 0 Å². The summed E-state index contributed by atoms with van der Waals surface area (Å²) in [4.78, 5) is 0. The molecule has 0 unspecified atom stereocenters. The van der Waals surface area contributed by atoms with Crippen LogP contribution in [0.5, 0.6) is 5.75 Å². The topological polar surface area (TPSA) is 21.3 Å². The molecule has 0 aliphatic carbocycles. The summed E-state index contributed by atoms with van der Waals surface area (Å²) in [6.07, 6.45) is 5.17. The molecular formula is C17H15F2NO. The van der Waals surface area contributed by atoms with E-state index in [0.717, 1.165) is 11.6 Å². The van der Waals surface area contributed by atoms with Crippen LogP contribution in [0.2, 0.25) is 0 Å². The molecule has 0 amide bonds. The summed E-state index contributed by atoms with van der Waals surface area (Å²) in [5, 5.41) is 3.16. The lowest BCUT2D eigenvalue weighted by Crippen LogP contribution is -2.14. The van der Waals surface area contributed by atoms with Crippen molar-refractivity contribution in [1.82, 2.24) is 5.32 Å². The van der Waals surface area contributed by atoms with E-state index in [0.29, 0.717) is 24.4 Å². The van der Waals surface area contributed by atoms with Crippen LogP contribution < -0.4 is 10.1 Å². The average molecular weight is 287 g/mol. The predicted molar refractivity (Wildman–Crippen MR) is 77.7 cm³/mol. The van der Waals surface area contributed by atoms with Gasteiger partial charge in [-0.15, -0.1) is 6.42 Å². The van der Waals surface area contributed by atoms with Gasteiger partial charge in [0.15, 0.2) is 11.6 Å². The summed E-state index contributed by atoms with van der Waals surface area (Å²) < 4.78 is 31.4. The Kier molecular flexibility index (Phi) is 5.30. The number of nitrogens with one attached hydrogen (secondary N) is 1. The Morgan fingerprint density at radius 1 is 1.05 bits per heavy atom. The molecule has 0 heterocycles. The van der Waals surface area contributed by atoms with Crippen LogP contribution in [0.15, 0.2) is 42.5 Å². The molecule has 0 bridgehead atoms. The molecule has 2 aromatic carbocycles. The third-order valence-corrected chi connectivity index (χ3v) is 2.91. The summed E-state index contributed by atoms with van der Waals surface area (Å²) in [6, 6.07) is 11.4. The maximum atomic E-state index is 13.1. The van der Waals surface area contributed by atoms with Gasteiger partial charge in [-0.25, -0.2) is 8.78 Å². The zero-order valence-electron chi connectivity index (χ0n) is 11.4. The standard InChI is InChI=1S/C17H15F2NO/c1-2-9-21-17-6-4-3-5-14(17)12-20-11-13-7-8-15(18)16(19)10-13/h1,3-8,10,20H,9,11-12H2. The second-order valence-corrected chi connectivity index (χ2v) is 4.45. The Morgan fingerprint density at radius 2 is 1.86 bits per heavy atom. The van der Waals surface area contributed by atoms with E-state index in [2.05, 4.69) is 11.2 Å². The lowest BCUT2D eigenvalue weighted by atomic mass is 10.2. The van der Waals surface area contributed by atoms with Crippen LogP contribution in [0.1, 0.15) is 11.1 Å². The first-order valence-corrected chi connectivity index (χ1v) is 6.49. The van der Waals surface area contributed by atoms with E-state index in [-0.39, 0.29) is 6.61 Å². The zero-order valence-corrected chi connectivity index (χ0v) is 11.4. The van der Waals surface area contributed by atoms with Gasteiger partial charge < -0.3 is 10.1 Å². The number of halogens is 2. The van der Waals surface area contributed by atoms with E-state index in [1.54, 1.807) is 6.07 Å². The number of terminal acetylenes is 1. The highest BCUT2D eigenvalue weighted by Gasteiger charge is 2.04. The quantitative estimate of drug-likeness (QED) is 0.823. The summed E-state index contributed by atoms with van der Waals surface area (Å²) >= 11 is 0. The first-order valence-electron chi connectivity index (χ1n) is 6.49. The van der Waals surface area contributed by atoms with Crippen LogP contribution in [0.4, 0.5) is 8.78 Å². The van der Waals surface area contributed by atoms with Gasteiger partial charge in [-0.3, -0.25) is 0 Å². The van der Waals surface area contributed by atoms with Crippen molar-refractivity contribution in [3.63, 3.8) is 0 Å². The molecule has 2 rings (SSSR count). The predicted octanol–water partition coefficient (Wildman–Crippen LogP) is 3.27. The van der Waals surface area contributed by atoms with E-state index in [4.69, 9.17) is 11.2 Å². The lowest BCUT2D eigenvalue weighted by Gasteiger charge is -2.10.